The fourth-order valence-electron chi connectivity index (χ4n) is 3.43. The van der Waals surface area contributed by atoms with Crippen molar-refractivity contribution in [3.8, 4) is 5.75 Å². The number of esters is 1. The minimum Gasteiger partial charge on any atom is -0.425 e. The number of hydrogen-bond acceptors (Lipinski definition) is 5. The highest BCUT2D eigenvalue weighted by atomic mass is 127. The van der Waals surface area contributed by atoms with Crippen LogP contribution in [0, 0.1) is 3.57 Å². The van der Waals surface area contributed by atoms with Gasteiger partial charge in [-0.3, -0.25) is 14.1 Å². The maximum Gasteiger partial charge on any atom is 0.421 e. The molecule has 7 nitrogen and oxygen atoms in total. The molecule has 1 amide bonds. The smallest absolute Gasteiger partial charge is 0.421 e. The van der Waals surface area contributed by atoms with E-state index in [1.807, 2.05) is 0 Å². The van der Waals surface area contributed by atoms with Gasteiger partial charge in [0, 0.05) is 3.57 Å². The summed E-state index contributed by atoms with van der Waals surface area (Å²) in [5.41, 5.74) is -5.06. The summed E-state index contributed by atoms with van der Waals surface area (Å²) < 4.78 is 118. The number of benzene rings is 2. The second kappa shape index (κ2) is 9.66. The van der Waals surface area contributed by atoms with Crippen LogP contribution in [-0.4, -0.2) is 48.5 Å². The number of amides is 1. The van der Waals surface area contributed by atoms with Crippen molar-refractivity contribution in [2.24, 2.45) is 0 Å². The first-order valence-electron chi connectivity index (χ1n) is 9.65. The molecule has 3 rings (SSSR count). The van der Waals surface area contributed by atoms with Crippen molar-refractivity contribution in [3.63, 3.8) is 0 Å². The molecule has 0 bridgehead atoms. The number of ether oxygens (including phenoxy) is 1. The van der Waals surface area contributed by atoms with E-state index in [2.05, 4.69) is 0 Å². The van der Waals surface area contributed by atoms with Gasteiger partial charge in [0.25, 0.3) is 16.0 Å². The molecule has 1 unspecified atom stereocenters. The van der Waals surface area contributed by atoms with Gasteiger partial charge in [-0.25, -0.2) is 0 Å². The van der Waals surface area contributed by atoms with Crippen LogP contribution in [0.15, 0.2) is 48.5 Å². The molecular weight excluding hydrogens is 635 g/mol. The molecule has 36 heavy (non-hydrogen) atoms. The predicted octanol–water partition coefficient (Wildman–Crippen LogP) is 4.49. The molecule has 0 saturated heterocycles. The second-order valence-electron chi connectivity index (χ2n) is 7.61. The first-order chi connectivity index (χ1) is 16.5. The lowest BCUT2D eigenvalue weighted by atomic mass is 9.99. The van der Waals surface area contributed by atoms with Crippen molar-refractivity contribution >= 4 is 50.7 Å². The summed E-state index contributed by atoms with van der Waals surface area (Å²) in [4.78, 5) is 25.5. The Morgan fingerprint density at radius 1 is 1.03 bits per heavy atom. The van der Waals surface area contributed by atoms with E-state index in [0.717, 1.165) is 18.2 Å². The fraction of sp³-hybridized carbons (Fsp3) is 0.238. The minimum absolute atomic E-state index is 0.310. The lowest BCUT2D eigenvalue weighted by molar-refractivity contribution is -0.296. The number of carbonyl (C=O) groups is 2. The first kappa shape index (κ1) is 27.9. The summed E-state index contributed by atoms with van der Waals surface area (Å²) >= 11 is 1.70. The highest BCUT2D eigenvalue weighted by Crippen LogP contribution is 2.44. The summed E-state index contributed by atoms with van der Waals surface area (Å²) in [5.74, 6) is -7.56. The average molecular weight is 649 g/mol. The highest BCUT2D eigenvalue weighted by molar-refractivity contribution is 14.1. The molecule has 0 saturated carbocycles. The largest absolute Gasteiger partial charge is 0.425 e. The molecule has 2 N–H and O–H groups in total. The Balaban J connectivity index is 2.00. The van der Waals surface area contributed by atoms with Gasteiger partial charge in [-0.2, -0.15) is 34.8 Å². The molecule has 194 valence electrons. The molecule has 1 aliphatic carbocycles. The van der Waals surface area contributed by atoms with Gasteiger partial charge in [-0.15, -0.1) is 0 Å². The van der Waals surface area contributed by atoms with Crippen LogP contribution in [0.5, 0.6) is 5.75 Å². The summed E-state index contributed by atoms with van der Waals surface area (Å²) in [7, 11) is -5.90. The Labute approximate surface area is 213 Å². The van der Waals surface area contributed by atoms with E-state index in [-0.39, 0.29) is 0 Å². The van der Waals surface area contributed by atoms with Crippen molar-refractivity contribution in [1.82, 2.24) is 5.32 Å². The Hall–Kier alpha value is -2.66. The number of rotatable bonds is 6. The predicted molar refractivity (Wildman–Crippen MR) is 122 cm³/mol. The van der Waals surface area contributed by atoms with E-state index in [0.29, 0.717) is 20.0 Å². The molecule has 0 aliphatic heterocycles. The Kier molecular flexibility index (Phi) is 7.49. The summed E-state index contributed by atoms with van der Waals surface area (Å²) in [6.45, 7) is 0. The van der Waals surface area contributed by atoms with Gasteiger partial charge < -0.3 is 10.1 Å². The molecular formula is C21H14F6INO6S. The monoisotopic (exact) mass is 649 g/mol. The molecule has 0 heterocycles. The number of halogens is 7. The maximum atomic E-state index is 13.6. The van der Waals surface area contributed by atoms with E-state index in [1.54, 1.807) is 52.9 Å². The van der Waals surface area contributed by atoms with Crippen LogP contribution in [0.1, 0.15) is 27.4 Å². The number of fused-ring (bicyclic) bond motifs is 1. The molecule has 1 atom stereocenters. The van der Waals surface area contributed by atoms with Crippen molar-refractivity contribution in [2.75, 3.05) is 5.75 Å². The van der Waals surface area contributed by atoms with E-state index in [9.17, 15) is 44.3 Å². The van der Waals surface area contributed by atoms with Crippen molar-refractivity contribution in [2.45, 2.75) is 23.8 Å². The van der Waals surface area contributed by atoms with Gasteiger partial charge in [0.1, 0.15) is 17.4 Å². The summed E-state index contributed by atoms with van der Waals surface area (Å²) in [5, 5.41) is 0.666. The van der Waals surface area contributed by atoms with Crippen LogP contribution >= 0.6 is 22.6 Å². The molecule has 15 heteroatoms. The quantitative estimate of drug-likeness (QED) is 0.157. The Morgan fingerprint density at radius 3 is 2.22 bits per heavy atom. The van der Waals surface area contributed by atoms with Crippen molar-refractivity contribution in [1.29, 1.82) is 0 Å². The van der Waals surface area contributed by atoms with Crippen LogP contribution < -0.4 is 10.1 Å². The normalized spacial score (nSPS) is 15.9. The van der Waals surface area contributed by atoms with Gasteiger partial charge in [-0.05, 0) is 51.9 Å². The molecule has 0 spiro atoms. The van der Waals surface area contributed by atoms with Crippen LogP contribution in [0.2, 0.25) is 0 Å². The van der Waals surface area contributed by atoms with E-state index in [1.165, 1.54) is 6.08 Å². The van der Waals surface area contributed by atoms with E-state index in [4.69, 9.17) is 9.29 Å². The van der Waals surface area contributed by atoms with Gasteiger partial charge in [0.05, 0.1) is 5.56 Å². The van der Waals surface area contributed by atoms with Gasteiger partial charge >= 0.3 is 18.3 Å². The van der Waals surface area contributed by atoms with Crippen molar-refractivity contribution in [3.05, 3.63) is 68.8 Å². The third-order valence-electron chi connectivity index (χ3n) is 5.15. The third-order valence-corrected chi connectivity index (χ3v) is 6.61. The SMILES string of the molecule is O=C(NC(CS(=O)(=O)O)(C(F)(F)F)C(F)(F)F)c1ccc(I)cc1OC(=O)C1C=Cc2ccccc21. The summed E-state index contributed by atoms with van der Waals surface area (Å²) in [6.07, 6.45) is -9.71. The number of alkyl halides is 6. The Morgan fingerprint density at radius 2 is 1.64 bits per heavy atom. The second-order valence-corrected chi connectivity index (χ2v) is 10.3. The maximum absolute atomic E-state index is 13.6. The van der Waals surface area contributed by atoms with E-state index >= 15 is 0 Å². The van der Waals surface area contributed by atoms with Gasteiger partial charge in [-0.1, -0.05) is 36.4 Å². The number of hydrogen-bond donors (Lipinski definition) is 2. The van der Waals surface area contributed by atoms with Crippen LogP contribution in [-0.2, 0) is 14.9 Å². The number of carbonyl (C=O) groups excluding carboxylic acids is 2. The van der Waals surface area contributed by atoms with E-state index < -0.39 is 62.9 Å². The number of nitrogens with one attached hydrogen (secondary N) is 1. The van der Waals surface area contributed by atoms with Crippen LogP contribution in [0.3, 0.4) is 0 Å². The molecule has 2 aromatic carbocycles. The lowest BCUT2D eigenvalue weighted by Gasteiger charge is -2.36. The Bertz CT molecular complexity index is 1330. The first-order valence-corrected chi connectivity index (χ1v) is 12.3. The third kappa shape index (κ3) is 5.67. The van der Waals surface area contributed by atoms with Crippen LogP contribution in [0.4, 0.5) is 26.3 Å². The molecule has 0 radical (unpaired) electrons. The standard InChI is InChI=1S/C21H14F6INO6S/c22-20(23,24)19(21(25,26)27,10-36(32,33)34)29-17(30)15-8-6-12(28)9-16(15)35-18(31)14-7-5-11-3-1-2-4-13(11)14/h1-9,14H,10H2,(H,29,30)(H,32,33,34). The highest BCUT2D eigenvalue weighted by Gasteiger charge is 2.73. The van der Waals surface area contributed by atoms with Crippen LogP contribution in [0.25, 0.3) is 6.08 Å². The van der Waals surface area contributed by atoms with Gasteiger partial charge in [0.2, 0.25) is 5.54 Å². The fourth-order valence-corrected chi connectivity index (χ4v) is 4.84. The van der Waals surface area contributed by atoms with Crippen molar-refractivity contribution < 1.29 is 53.6 Å². The molecule has 0 aromatic heterocycles. The molecule has 0 fully saturated rings. The lowest BCUT2D eigenvalue weighted by Crippen LogP contribution is -2.70. The minimum atomic E-state index is -6.39. The zero-order valence-electron chi connectivity index (χ0n) is 17.5. The van der Waals surface area contributed by atoms with Gasteiger partial charge in [0.15, 0.2) is 0 Å². The molecule has 2 aromatic rings. The zero-order chi connectivity index (χ0) is 27.1. The topological polar surface area (TPSA) is 110 Å². The average Bonchev–Trinajstić information content (AvgIpc) is 3.15. The zero-order valence-corrected chi connectivity index (χ0v) is 20.5. The summed E-state index contributed by atoms with van der Waals surface area (Å²) in [6, 6.07) is 9.64. The molecule has 1 aliphatic rings.